The van der Waals surface area contributed by atoms with E-state index in [4.69, 9.17) is 25.1 Å². The minimum Gasteiger partial charge on any atom is -0.508 e. The van der Waals surface area contributed by atoms with E-state index in [0.717, 1.165) is 37.3 Å². The zero-order valence-corrected chi connectivity index (χ0v) is 57.1. The molecular formula is C72H109Cl2N5O9. The maximum absolute atomic E-state index is 13.1. The lowest BCUT2D eigenvalue weighted by Crippen LogP contribution is -2.59. The molecule has 12 rings (SSSR count). The maximum Gasteiger partial charge on any atom is 0.408 e. The maximum atomic E-state index is 13.1. The molecule has 1 amide bonds. The molecule has 9 aliphatic rings. The van der Waals surface area contributed by atoms with Gasteiger partial charge in [-0.2, -0.15) is 0 Å². The van der Waals surface area contributed by atoms with Gasteiger partial charge in [-0.15, -0.1) is 24.8 Å². The van der Waals surface area contributed by atoms with Gasteiger partial charge in [0.05, 0.1) is 5.92 Å². The second-order valence-corrected chi connectivity index (χ2v) is 29.9. The summed E-state index contributed by atoms with van der Waals surface area (Å²) in [6.45, 7) is 22.1. The van der Waals surface area contributed by atoms with Crippen LogP contribution in [0.4, 0.5) is 4.79 Å². The fraction of sp³-hybridized carbons (Fsp3) is 0.694. The van der Waals surface area contributed by atoms with Crippen molar-refractivity contribution in [2.24, 2.45) is 47.2 Å². The van der Waals surface area contributed by atoms with E-state index < -0.39 is 35.7 Å². The van der Waals surface area contributed by atoms with E-state index in [2.05, 4.69) is 77.6 Å². The van der Waals surface area contributed by atoms with Crippen molar-refractivity contribution in [2.75, 3.05) is 40.8 Å². The largest absolute Gasteiger partial charge is 0.508 e. The SMILES string of the molecule is CC(C)C(C)C(=O)O.CC(C)C(N)C(=O)Oc1ccc2c(c1)[C@]13CCCC[C@@H]1C(C2)N(C)CC3.CC(C)C(NC(=O)OC(C)(C)C)C(=O)Oc1ccc2c(c1)[C@]13CCCC[C@@H]1C(C2)N(C)CC3.CN1CC[C@@]23CCCC[C@@H]2C1Cc1ccc(O)cc13.Cl.Cl. The van der Waals surface area contributed by atoms with Crippen molar-refractivity contribution in [3.8, 4) is 17.2 Å². The number of halogens is 2. The number of fused-ring (bicyclic) bond motifs is 3. The number of phenolic OH excluding ortho intramolecular Hbond substituents is 1. The number of alkyl carbamates (subject to hydrolysis) is 1. The van der Waals surface area contributed by atoms with Gasteiger partial charge in [-0.1, -0.05) is 105 Å². The molecule has 5 N–H and O–H groups in total. The van der Waals surface area contributed by atoms with E-state index in [-0.39, 0.29) is 65.3 Å². The smallest absolute Gasteiger partial charge is 0.408 e. The van der Waals surface area contributed by atoms with Gasteiger partial charge in [-0.25, -0.2) is 14.4 Å². The number of carboxylic acid groups (broad SMARTS) is 1. The van der Waals surface area contributed by atoms with Crippen LogP contribution in [-0.2, 0) is 54.6 Å². The minimum atomic E-state index is -0.774. The van der Waals surface area contributed by atoms with Crippen LogP contribution in [0.1, 0.15) is 199 Å². The Kier molecular flexibility index (Phi) is 23.4. The molecule has 490 valence electrons. The van der Waals surface area contributed by atoms with Gasteiger partial charge in [0.1, 0.15) is 34.9 Å². The Hall–Kier alpha value is -4.44. The normalized spacial score (nSPS) is 29.2. The highest BCUT2D eigenvalue weighted by Gasteiger charge is 2.56. The highest BCUT2D eigenvalue weighted by molar-refractivity contribution is 5.86. The average molecular weight is 1260 g/mol. The molecular weight excluding hydrogens is 1150 g/mol. The molecule has 3 saturated carbocycles. The summed E-state index contributed by atoms with van der Waals surface area (Å²) in [5.41, 5.74) is 14.9. The molecule has 6 fully saturated rings. The van der Waals surface area contributed by atoms with Crippen LogP contribution in [0.3, 0.4) is 0 Å². The molecule has 0 spiro atoms. The molecule has 14 nitrogen and oxygen atoms in total. The number of nitrogens with zero attached hydrogens (tertiary/aromatic N) is 3. The molecule has 16 heteroatoms. The molecule has 3 aliphatic heterocycles. The second-order valence-electron chi connectivity index (χ2n) is 29.9. The van der Waals surface area contributed by atoms with E-state index >= 15 is 0 Å². The van der Waals surface area contributed by atoms with Crippen LogP contribution >= 0.6 is 24.8 Å². The van der Waals surface area contributed by atoms with Gasteiger partial charge < -0.3 is 50.2 Å². The molecule has 0 aromatic heterocycles. The first-order valence-corrected chi connectivity index (χ1v) is 33.3. The molecule has 6 bridgehead atoms. The minimum absolute atomic E-state index is 0. The molecule has 88 heavy (non-hydrogen) atoms. The van der Waals surface area contributed by atoms with Gasteiger partial charge in [0, 0.05) is 34.4 Å². The number of aromatic hydroxyl groups is 1. The van der Waals surface area contributed by atoms with Gasteiger partial charge in [-0.3, -0.25) is 4.79 Å². The van der Waals surface area contributed by atoms with Crippen molar-refractivity contribution < 1.29 is 43.6 Å². The summed E-state index contributed by atoms with van der Waals surface area (Å²) >= 11 is 0. The molecule has 3 aromatic carbocycles. The van der Waals surface area contributed by atoms with Crippen molar-refractivity contribution in [3.05, 3.63) is 88.0 Å². The molecule has 12 atom stereocenters. The lowest BCUT2D eigenvalue weighted by molar-refractivity contribution is -0.142. The van der Waals surface area contributed by atoms with Gasteiger partial charge in [-0.05, 0) is 244 Å². The van der Waals surface area contributed by atoms with Gasteiger partial charge >= 0.3 is 24.0 Å². The molecule has 0 radical (unpaired) electrons. The van der Waals surface area contributed by atoms with E-state index in [1.165, 1.54) is 149 Å². The van der Waals surface area contributed by atoms with E-state index in [9.17, 15) is 24.3 Å². The Morgan fingerprint density at radius 2 is 0.943 bits per heavy atom. The lowest BCUT2D eigenvalue weighted by Gasteiger charge is -2.58. The van der Waals surface area contributed by atoms with Crippen LogP contribution in [-0.4, -0.2) is 126 Å². The Morgan fingerprint density at radius 3 is 1.30 bits per heavy atom. The fourth-order valence-electron chi connectivity index (χ4n) is 17.5. The van der Waals surface area contributed by atoms with Crippen LogP contribution in [0.5, 0.6) is 17.2 Å². The number of likely N-dealkylation sites (N-methyl/N-ethyl adjacent to an activating group) is 3. The number of nitrogens with one attached hydrogen (secondary N) is 1. The highest BCUT2D eigenvalue weighted by Crippen LogP contribution is 2.59. The lowest BCUT2D eigenvalue weighted by atomic mass is 9.52. The number of carbonyl (C=O) groups is 4. The Morgan fingerprint density at radius 1 is 0.557 bits per heavy atom. The Labute approximate surface area is 539 Å². The summed E-state index contributed by atoms with van der Waals surface area (Å²) in [4.78, 5) is 55.5. The molecule has 3 heterocycles. The first-order valence-electron chi connectivity index (χ1n) is 33.3. The van der Waals surface area contributed by atoms with Crippen molar-refractivity contribution in [1.82, 2.24) is 20.0 Å². The summed E-state index contributed by atoms with van der Waals surface area (Å²) in [7, 11) is 6.86. The third-order valence-corrected chi connectivity index (χ3v) is 22.7. The number of amides is 1. The van der Waals surface area contributed by atoms with Crippen LogP contribution in [0.25, 0.3) is 0 Å². The number of carboxylic acids is 1. The monoisotopic (exact) mass is 1260 g/mol. The highest BCUT2D eigenvalue weighted by atomic mass is 35.5. The number of benzene rings is 3. The van der Waals surface area contributed by atoms with Crippen LogP contribution < -0.4 is 20.5 Å². The molecule has 6 aliphatic carbocycles. The zero-order valence-electron chi connectivity index (χ0n) is 55.5. The van der Waals surface area contributed by atoms with Gasteiger partial charge in [0.2, 0.25) is 0 Å². The number of phenols is 1. The number of rotatable bonds is 9. The van der Waals surface area contributed by atoms with Gasteiger partial charge in [0.25, 0.3) is 0 Å². The third kappa shape index (κ3) is 14.7. The van der Waals surface area contributed by atoms with Crippen LogP contribution in [0.2, 0.25) is 0 Å². The standard InChI is InChI=1S/C27H40N2O4.C22H32N2O2.C17H23NO.C6H12O2.2ClH/c1-17(2)23(28-25(31)33-26(3,4)5)24(30)32-19-11-10-18-15-22-20-9-7-8-12-27(20,21(18)16-19)13-14-29(22)6;1-14(2)20(23)21(25)26-16-8-7-15-12-19-17-6-4-5-9-22(17,18(15)13-16)10-11-24(19)3;1-18-9-8-17-7-3-2-4-14(17)16(18)10-12-5-6-13(19)11-15(12)17;1-4(2)5(3)6(7)8;;/h10-11,16-17,20,22-23H,7-9,12-15H2,1-6H3,(H,28,31);7-8,13-14,17,19-20H,4-6,9-12,23H2,1-3H3;5-6,11,14,16,19H,2-4,7-10H2,1H3;4-5H,1-3H3,(H,7,8);2*1H/t20-,22?,23?,27+;17-,19?,20?,22+;14-,16?,17+;;;/m111.../s1. The van der Waals surface area contributed by atoms with Crippen molar-refractivity contribution in [1.29, 1.82) is 0 Å². The summed E-state index contributed by atoms with van der Waals surface area (Å²) in [5, 5.41) is 21.0. The zero-order chi connectivity index (χ0) is 62.2. The third-order valence-electron chi connectivity index (χ3n) is 22.7. The molecule has 3 saturated heterocycles. The topological polar surface area (TPSA) is 184 Å². The summed E-state index contributed by atoms with van der Waals surface area (Å²) in [6, 6.07) is 19.3. The van der Waals surface area contributed by atoms with Gasteiger partial charge in [0.15, 0.2) is 0 Å². The Bertz CT molecular complexity index is 2910. The number of likely N-dealkylation sites (tertiary alicyclic amines) is 3. The number of ether oxygens (including phenoxy) is 3. The second kappa shape index (κ2) is 29.0. The number of esters is 2. The number of carbonyl (C=O) groups excluding carboxylic acids is 3. The molecule has 6 unspecified atom stereocenters. The predicted molar refractivity (Wildman–Crippen MR) is 354 cm³/mol. The van der Waals surface area contributed by atoms with E-state index in [1.54, 1.807) is 27.7 Å². The van der Waals surface area contributed by atoms with Crippen molar-refractivity contribution in [3.63, 3.8) is 0 Å². The van der Waals surface area contributed by atoms with Crippen LogP contribution in [0, 0.1) is 41.4 Å². The van der Waals surface area contributed by atoms with Crippen molar-refractivity contribution >= 4 is 48.8 Å². The Balaban J connectivity index is 0.000000180. The van der Waals surface area contributed by atoms with Crippen molar-refractivity contribution in [2.45, 2.75) is 237 Å². The van der Waals surface area contributed by atoms with E-state index in [0.29, 0.717) is 40.7 Å². The fourth-order valence-corrected chi connectivity index (χ4v) is 17.5. The number of nitrogens with two attached hydrogens (primary N) is 1. The number of piperidine rings is 3. The van der Waals surface area contributed by atoms with E-state index in [1.807, 2.05) is 59.7 Å². The first kappa shape index (κ1) is 71.0. The predicted octanol–water partition coefficient (Wildman–Crippen LogP) is 13.4. The van der Waals surface area contributed by atoms with Crippen LogP contribution in [0.15, 0.2) is 54.6 Å². The summed E-state index contributed by atoms with van der Waals surface area (Å²) in [5.74, 6) is 2.43. The number of hydrogen-bond donors (Lipinski definition) is 4. The molecule has 3 aromatic rings. The number of hydrogen-bond acceptors (Lipinski definition) is 12. The summed E-state index contributed by atoms with van der Waals surface area (Å²) in [6.07, 6.45) is 22.3. The summed E-state index contributed by atoms with van der Waals surface area (Å²) < 4.78 is 16.9. The number of aliphatic carboxylic acids is 1. The average Bonchev–Trinajstić information content (AvgIpc) is 0.876. The first-order chi connectivity index (χ1) is 40.7. The quantitative estimate of drug-likeness (QED) is 0.117.